The molecule has 0 unspecified atom stereocenters. The fraction of sp³-hybridized carbons (Fsp3) is 0.231. The number of benzene rings is 2. The topological polar surface area (TPSA) is 60.1 Å². The van der Waals surface area contributed by atoms with E-state index in [1.165, 1.54) is 31.3 Å². The van der Waals surface area contributed by atoms with E-state index in [0.29, 0.717) is 0 Å². The third-order valence-electron chi connectivity index (χ3n) is 5.95. The van der Waals surface area contributed by atoms with E-state index in [0.717, 1.165) is 51.1 Å². The molecule has 1 aliphatic rings. The van der Waals surface area contributed by atoms with E-state index in [4.69, 9.17) is 0 Å². The first-order chi connectivity index (χ1) is 15.2. The van der Waals surface area contributed by atoms with Crippen LogP contribution in [0, 0.1) is 0 Å². The number of H-pyrrole nitrogens is 2. The lowest BCUT2D eigenvalue weighted by Gasteiger charge is -2.13. The Kier molecular flexibility index (Phi) is 5.26. The molecule has 1 aliphatic heterocycles. The molecule has 0 radical (unpaired) electrons. The van der Waals surface area contributed by atoms with Crippen LogP contribution in [0.3, 0.4) is 0 Å². The maximum absolute atomic E-state index is 4.57. The van der Waals surface area contributed by atoms with Gasteiger partial charge in [0.05, 0.1) is 11.2 Å². The summed E-state index contributed by atoms with van der Waals surface area (Å²) < 4.78 is 0. The average Bonchev–Trinajstić information content (AvgIpc) is 3.52. The number of hydrogen-bond acceptors (Lipinski definition) is 3. The third-order valence-corrected chi connectivity index (χ3v) is 5.95. The highest BCUT2D eigenvalue weighted by Gasteiger charge is 2.12. The summed E-state index contributed by atoms with van der Waals surface area (Å²) >= 11 is 0. The summed E-state index contributed by atoms with van der Waals surface area (Å²) in [6, 6.07) is 16.8. The monoisotopic (exact) mass is 409 g/mol. The summed E-state index contributed by atoms with van der Waals surface area (Å²) in [6.45, 7) is 9.49. The van der Waals surface area contributed by atoms with E-state index in [2.05, 4.69) is 81.0 Å². The fourth-order valence-electron chi connectivity index (χ4n) is 4.26. The van der Waals surface area contributed by atoms with E-state index < -0.39 is 0 Å². The number of nitrogens with one attached hydrogen (secondary N) is 2. The van der Waals surface area contributed by atoms with Crippen LogP contribution in [0.2, 0.25) is 0 Å². The number of aromatic amines is 2. The first kappa shape index (κ1) is 19.5. The van der Waals surface area contributed by atoms with Crippen molar-refractivity contribution in [3.63, 3.8) is 0 Å². The van der Waals surface area contributed by atoms with E-state index in [-0.39, 0.29) is 0 Å². The van der Waals surface area contributed by atoms with Crippen LogP contribution in [-0.4, -0.2) is 45.9 Å². The number of allylic oxidation sites excluding steroid dienone is 1. The number of nitrogens with zero attached hydrogens (tertiary/aromatic N) is 3. The molecule has 1 fully saturated rings. The lowest BCUT2D eigenvalue weighted by Crippen LogP contribution is -2.21. The zero-order chi connectivity index (χ0) is 21.2. The summed E-state index contributed by atoms with van der Waals surface area (Å²) in [4.78, 5) is 10.4. The molecule has 2 N–H and O–H groups in total. The van der Waals surface area contributed by atoms with E-state index in [1.807, 2.05) is 18.5 Å². The highest BCUT2D eigenvalue weighted by molar-refractivity contribution is 5.97. The molecule has 0 spiro atoms. The van der Waals surface area contributed by atoms with Crippen molar-refractivity contribution >= 4 is 33.6 Å². The number of fused-ring (bicyclic) bond motifs is 2. The molecular weight excluding hydrogens is 382 g/mol. The van der Waals surface area contributed by atoms with Gasteiger partial charge in [0.15, 0.2) is 0 Å². The Morgan fingerprint density at radius 3 is 2.81 bits per heavy atom. The van der Waals surface area contributed by atoms with Crippen LogP contribution in [0.15, 0.2) is 71.9 Å². The summed E-state index contributed by atoms with van der Waals surface area (Å²) in [7, 11) is 0. The molecule has 31 heavy (non-hydrogen) atoms. The van der Waals surface area contributed by atoms with Gasteiger partial charge in [0.2, 0.25) is 0 Å². The standard InChI is InChI=1S/C26H27N5/c1-18(17-31-11-5-6-12-31)15-27-16-19(2)20-9-10-24-22(13-20)26(30-29-24)25-14-21-7-3-4-8-23(21)28-25/h3-4,7-10,13-16,28H,1,5-6,11-12,17H2,2H3,(H,29,30)/b19-16+,27-15-. The first-order valence-corrected chi connectivity index (χ1v) is 10.8. The minimum absolute atomic E-state index is 0.908. The van der Waals surface area contributed by atoms with Gasteiger partial charge < -0.3 is 4.98 Å². The molecule has 2 aromatic heterocycles. The van der Waals surface area contributed by atoms with Crippen LogP contribution < -0.4 is 0 Å². The fourth-order valence-corrected chi connectivity index (χ4v) is 4.26. The van der Waals surface area contributed by atoms with Gasteiger partial charge in [-0.15, -0.1) is 0 Å². The van der Waals surface area contributed by atoms with Gasteiger partial charge in [0, 0.05) is 35.2 Å². The molecule has 5 heteroatoms. The summed E-state index contributed by atoms with van der Waals surface area (Å²) in [5.74, 6) is 0. The largest absolute Gasteiger partial charge is 0.353 e. The van der Waals surface area contributed by atoms with Crippen molar-refractivity contribution in [1.29, 1.82) is 0 Å². The predicted octanol–water partition coefficient (Wildman–Crippen LogP) is 5.79. The van der Waals surface area contributed by atoms with Crippen molar-refractivity contribution in [3.8, 4) is 11.4 Å². The second kappa shape index (κ2) is 8.36. The van der Waals surface area contributed by atoms with Crippen LogP contribution in [0.4, 0.5) is 0 Å². The number of aliphatic imine (C=N–C) groups is 1. The van der Waals surface area contributed by atoms with Crippen molar-refractivity contribution in [2.24, 2.45) is 4.99 Å². The van der Waals surface area contributed by atoms with Crippen molar-refractivity contribution < 1.29 is 0 Å². The highest BCUT2D eigenvalue weighted by atomic mass is 15.1. The van der Waals surface area contributed by atoms with E-state index in [1.54, 1.807) is 0 Å². The summed E-state index contributed by atoms with van der Waals surface area (Å²) in [6.07, 6.45) is 6.38. The van der Waals surface area contributed by atoms with Gasteiger partial charge in [-0.05, 0) is 73.8 Å². The smallest absolute Gasteiger partial charge is 0.116 e. The van der Waals surface area contributed by atoms with Crippen molar-refractivity contribution in [2.45, 2.75) is 19.8 Å². The van der Waals surface area contributed by atoms with Crippen molar-refractivity contribution in [3.05, 3.63) is 72.4 Å². The first-order valence-electron chi connectivity index (χ1n) is 10.8. The van der Waals surface area contributed by atoms with Gasteiger partial charge >= 0.3 is 0 Å². The Balaban J connectivity index is 1.38. The molecule has 0 amide bonds. The van der Waals surface area contributed by atoms with Crippen LogP contribution in [-0.2, 0) is 0 Å². The molecule has 0 atom stereocenters. The Morgan fingerprint density at radius 2 is 1.97 bits per heavy atom. The zero-order valence-corrected chi connectivity index (χ0v) is 17.9. The number of rotatable bonds is 6. The van der Waals surface area contributed by atoms with Crippen LogP contribution >= 0.6 is 0 Å². The van der Waals surface area contributed by atoms with Crippen LogP contribution in [0.25, 0.3) is 38.8 Å². The van der Waals surface area contributed by atoms with Crippen LogP contribution in [0.1, 0.15) is 25.3 Å². The molecule has 1 saturated heterocycles. The molecule has 2 aromatic carbocycles. The molecule has 0 bridgehead atoms. The van der Waals surface area contributed by atoms with Gasteiger partial charge in [-0.3, -0.25) is 15.0 Å². The van der Waals surface area contributed by atoms with Gasteiger partial charge in [-0.25, -0.2) is 0 Å². The SMILES string of the molecule is C=C(/C=N\C=C(/C)c1ccc2[nH]nc(-c3cc4ccccc4[nH]3)c2c1)CN1CCCC1. The Hall–Kier alpha value is -3.44. The summed E-state index contributed by atoms with van der Waals surface area (Å²) in [5.41, 5.74) is 7.38. The number of para-hydroxylation sites is 1. The van der Waals surface area contributed by atoms with Gasteiger partial charge in [-0.1, -0.05) is 30.8 Å². The third kappa shape index (κ3) is 4.09. The average molecular weight is 410 g/mol. The molecule has 4 aromatic rings. The molecular formula is C26H27N5. The van der Waals surface area contributed by atoms with E-state index >= 15 is 0 Å². The lowest BCUT2D eigenvalue weighted by molar-refractivity contribution is 0.374. The molecule has 0 saturated carbocycles. The van der Waals surface area contributed by atoms with Gasteiger partial charge in [0.25, 0.3) is 0 Å². The van der Waals surface area contributed by atoms with Crippen molar-refractivity contribution in [2.75, 3.05) is 19.6 Å². The number of hydrogen-bond donors (Lipinski definition) is 2. The minimum Gasteiger partial charge on any atom is -0.353 e. The molecule has 0 aliphatic carbocycles. The quantitative estimate of drug-likeness (QED) is 0.396. The predicted molar refractivity (Wildman–Crippen MR) is 130 cm³/mol. The minimum atomic E-state index is 0.908. The number of likely N-dealkylation sites (tertiary alicyclic amines) is 1. The van der Waals surface area contributed by atoms with Crippen LogP contribution in [0.5, 0.6) is 0 Å². The second-order valence-corrected chi connectivity index (χ2v) is 8.33. The van der Waals surface area contributed by atoms with Crippen molar-refractivity contribution in [1.82, 2.24) is 20.1 Å². The van der Waals surface area contributed by atoms with Gasteiger partial charge in [-0.2, -0.15) is 5.10 Å². The second-order valence-electron chi connectivity index (χ2n) is 8.33. The molecule has 5 nitrogen and oxygen atoms in total. The maximum atomic E-state index is 4.57. The Labute approximate surface area is 182 Å². The lowest BCUT2D eigenvalue weighted by atomic mass is 10.0. The highest BCUT2D eigenvalue weighted by Crippen LogP contribution is 2.30. The molecule has 3 heterocycles. The molecule has 156 valence electrons. The zero-order valence-electron chi connectivity index (χ0n) is 17.9. The van der Waals surface area contributed by atoms with Gasteiger partial charge in [0.1, 0.15) is 5.69 Å². The maximum Gasteiger partial charge on any atom is 0.116 e. The van der Waals surface area contributed by atoms with E-state index in [9.17, 15) is 0 Å². The number of aromatic nitrogens is 3. The normalized spacial score (nSPS) is 15.6. The Morgan fingerprint density at radius 1 is 1.13 bits per heavy atom. The Bertz CT molecular complexity index is 1260. The molecule has 5 rings (SSSR count). The summed E-state index contributed by atoms with van der Waals surface area (Å²) in [5, 5.41) is 10.0.